The number of hydrogen-bond acceptors (Lipinski definition) is 7. The number of carbonyl (C=O) groups is 1. The smallest absolute Gasteiger partial charge is 0.324 e. The Morgan fingerprint density at radius 3 is 2.84 bits per heavy atom. The fourth-order valence-corrected chi connectivity index (χ4v) is 5.80. The summed E-state index contributed by atoms with van der Waals surface area (Å²) in [4.78, 5) is 16.9. The van der Waals surface area contributed by atoms with Crippen molar-refractivity contribution in [2.45, 2.75) is 29.2 Å². The first kappa shape index (κ1) is 18.0. The molecule has 2 atom stereocenters. The number of piperidine rings is 1. The fraction of sp³-hybridized carbons (Fsp3) is 0.375. The van der Waals surface area contributed by atoms with Crippen LogP contribution in [0.3, 0.4) is 0 Å². The van der Waals surface area contributed by atoms with E-state index in [1.54, 1.807) is 24.4 Å². The molecule has 1 aliphatic rings. The molecule has 0 aliphatic carbocycles. The van der Waals surface area contributed by atoms with E-state index >= 15 is 0 Å². The van der Waals surface area contributed by atoms with Gasteiger partial charge in [-0.3, -0.25) is 9.78 Å². The number of hydrogen-bond donors (Lipinski definition) is 1. The molecular weight excluding hydrogens is 364 g/mol. The lowest BCUT2D eigenvalue weighted by molar-refractivity contribution is -0.147. The lowest BCUT2D eigenvalue weighted by Gasteiger charge is -2.34. The maximum Gasteiger partial charge on any atom is 0.324 e. The highest BCUT2D eigenvalue weighted by molar-refractivity contribution is 7.91. The predicted molar refractivity (Wildman–Crippen MR) is 92.5 cm³/mol. The Kier molecular flexibility index (Phi) is 5.19. The molecule has 0 bridgehead atoms. The van der Waals surface area contributed by atoms with Crippen LogP contribution in [0.5, 0.6) is 0 Å². The van der Waals surface area contributed by atoms with Crippen molar-refractivity contribution in [3.8, 4) is 10.6 Å². The molecule has 0 unspecified atom stereocenters. The molecule has 1 saturated heterocycles. The quantitative estimate of drug-likeness (QED) is 0.805. The third kappa shape index (κ3) is 3.59. The molecule has 2 aromatic heterocycles. The number of rotatable bonds is 4. The van der Waals surface area contributed by atoms with Gasteiger partial charge in [-0.2, -0.15) is 4.31 Å². The summed E-state index contributed by atoms with van der Waals surface area (Å²) in [5, 5.41) is 9.80. The molecule has 0 saturated carbocycles. The minimum Gasteiger partial charge on any atom is -0.468 e. The molecule has 1 N–H and O–H groups in total. The molecule has 0 aromatic carbocycles. The Hall–Kier alpha value is -1.81. The zero-order chi connectivity index (χ0) is 18.0. The summed E-state index contributed by atoms with van der Waals surface area (Å²) in [6, 6.07) is 7.62. The molecule has 3 heterocycles. The van der Waals surface area contributed by atoms with Crippen molar-refractivity contribution < 1.29 is 23.1 Å². The second kappa shape index (κ2) is 7.20. The topological polar surface area (TPSA) is 96.8 Å². The number of aliphatic hydroxyl groups excluding tert-OH is 1. The van der Waals surface area contributed by atoms with Crippen LogP contribution in [-0.2, 0) is 19.6 Å². The average Bonchev–Trinajstić information content (AvgIpc) is 3.12. The lowest BCUT2D eigenvalue weighted by atomic mass is 10.0. The highest BCUT2D eigenvalue weighted by Crippen LogP contribution is 2.33. The lowest BCUT2D eigenvalue weighted by Crippen LogP contribution is -2.51. The van der Waals surface area contributed by atoms with Crippen LogP contribution in [-0.4, -0.2) is 54.6 Å². The van der Waals surface area contributed by atoms with Gasteiger partial charge in [0.1, 0.15) is 10.3 Å². The van der Waals surface area contributed by atoms with Gasteiger partial charge in [-0.25, -0.2) is 8.42 Å². The van der Waals surface area contributed by atoms with Crippen molar-refractivity contribution in [3.63, 3.8) is 0 Å². The summed E-state index contributed by atoms with van der Waals surface area (Å²) in [7, 11) is -2.66. The van der Waals surface area contributed by atoms with Gasteiger partial charge in [0, 0.05) is 19.2 Å². The van der Waals surface area contributed by atoms with Crippen LogP contribution in [0.2, 0.25) is 0 Å². The Morgan fingerprint density at radius 2 is 2.16 bits per heavy atom. The van der Waals surface area contributed by atoms with Crippen molar-refractivity contribution in [2.24, 2.45) is 0 Å². The summed E-state index contributed by atoms with van der Waals surface area (Å²) >= 11 is 1.10. The molecular formula is C16H18N2O5S2. The molecule has 25 heavy (non-hydrogen) atoms. The van der Waals surface area contributed by atoms with Gasteiger partial charge < -0.3 is 9.84 Å². The van der Waals surface area contributed by atoms with E-state index < -0.39 is 28.1 Å². The van der Waals surface area contributed by atoms with Gasteiger partial charge in [-0.05, 0) is 30.7 Å². The molecule has 0 amide bonds. The predicted octanol–water partition coefficient (Wildman–Crippen LogP) is 1.50. The number of pyridine rings is 1. The molecule has 134 valence electrons. The van der Waals surface area contributed by atoms with Crippen molar-refractivity contribution in [1.82, 2.24) is 9.29 Å². The monoisotopic (exact) mass is 382 g/mol. The second-order valence-corrected chi connectivity index (χ2v) is 8.87. The van der Waals surface area contributed by atoms with Crippen LogP contribution in [0.4, 0.5) is 0 Å². The van der Waals surface area contributed by atoms with Crippen molar-refractivity contribution in [2.75, 3.05) is 13.7 Å². The minimum absolute atomic E-state index is 0.0321. The molecule has 9 heteroatoms. The number of ether oxygens (including phenoxy) is 1. The second-order valence-electron chi connectivity index (χ2n) is 5.67. The number of aliphatic hydroxyl groups is 1. The summed E-state index contributed by atoms with van der Waals surface area (Å²) < 4.78 is 32.0. The van der Waals surface area contributed by atoms with Crippen molar-refractivity contribution in [1.29, 1.82) is 0 Å². The van der Waals surface area contributed by atoms with Crippen LogP contribution in [0.15, 0.2) is 40.7 Å². The number of sulfonamides is 1. The van der Waals surface area contributed by atoms with Gasteiger partial charge in [-0.1, -0.05) is 6.07 Å². The van der Waals surface area contributed by atoms with Gasteiger partial charge in [0.2, 0.25) is 0 Å². The minimum atomic E-state index is -3.86. The Labute approximate surface area is 149 Å². The van der Waals surface area contributed by atoms with E-state index in [1.807, 2.05) is 6.07 Å². The number of carbonyl (C=O) groups excluding carboxylic acids is 1. The normalized spacial score (nSPS) is 21.8. The maximum atomic E-state index is 13.0. The number of aromatic nitrogens is 1. The van der Waals surface area contributed by atoms with Gasteiger partial charge in [0.05, 0.1) is 23.8 Å². The maximum absolute atomic E-state index is 13.0. The van der Waals surface area contributed by atoms with Gasteiger partial charge in [0.15, 0.2) is 0 Å². The number of esters is 1. The Morgan fingerprint density at radius 1 is 1.36 bits per heavy atom. The van der Waals surface area contributed by atoms with E-state index in [9.17, 15) is 18.3 Å². The van der Waals surface area contributed by atoms with Crippen LogP contribution in [0, 0.1) is 0 Å². The molecule has 3 rings (SSSR count). The standard InChI is InChI=1S/C16H18N2O5S2/c1-23-16(20)13-10-11(19)7-9-18(13)25(21,22)15-6-5-14(24-15)12-4-2-3-8-17-12/h2-6,8,11,13,19H,7,9-10H2,1H3/t11-,13+/m0/s1. The SMILES string of the molecule is COC(=O)[C@H]1C[C@@H](O)CCN1S(=O)(=O)c1ccc(-c2ccccn2)s1. The average molecular weight is 382 g/mol. The van der Waals surface area contributed by atoms with E-state index in [0.29, 0.717) is 5.69 Å². The van der Waals surface area contributed by atoms with Crippen LogP contribution < -0.4 is 0 Å². The summed E-state index contributed by atoms with van der Waals surface area (Å²) in [5.41, 5.74) is 0.688. The summed E-state index contributed by atoms with van der Waals surface area (Å²) in [5.74, 6) is -0.663. The number of methoxy groups -OCH3 is 1. The molecule has 1 aliphatic heterocycles. The molecule has 1 fully saturated rings. The van der Waals surface area contributed by atoms with Gasteiger partial charge in [0.25, 0.3) is 10.0 Å². The Balaban J connectivity index is 1.93. The fourth-order valence-electron chi connectivity index (χ4n) is 2.78. The van der Waals surface area contributed by atoms with E-state index in [4.69, 9.17) is 4.74 Å². The van der Waals surface area contributed by atoms with Gasteiger partial charge >= 0.3 is 5.97 Å². The van der Waals surface area contributed by atoms with Crippen molar-refractivity contribution in [3.05, 3.63) is 36.5 Å². The largest absolute Gasteiger partial charge is 0.468 e. The van der Waals surface area contributed by atoms with E-state index in [0.717, 1.165) is 20.5 Å². The number of thiophene rings is 1. The first-order valence-electron chi connectivity index (χ1n) is 7.72. The van der Waals surface area contributed by atoms with Gasteiger partial charge in [-0.15, -0.1) is 11.3 Å². The van der Waals surface area contributed by atoms with E-state index in [1.165, 1.54) is 13.2 Å². The highest BCUT2D eigenvalue weighted by Gasteiger charge is 2.41. The Bertz CT molecular complexity index is 850. The van der Waals surface area contributed by atoms with Crippen LogP contribution in [0.25, 0.3) is 10.6 Å². The first-order chi connectivity index (χ1) is 11.9. The van der Waals surface area contributed by atoms with E-state index in [-0.39, 0.29) is 23.6 Å². The third-order valence-electron chi connectivity index (χ3n) is 4.06. The van der Waals surface area contributed by atoms with Crippen LogP contribution in [0.1, 0.15) is 12.8 Å². The van der Waals surface area contributed by atoms with E-state index in [2.05, 4.69) is 4.98 Å². The summed E-state index contributed by atoms with van der Waals surface area (Å²) in [6.07, 6.45) is 1.24. The van der Waals surface area contributed by atoms with Crippen molar-refractivity contribution >= 4 is 27.3 Å². The summed E-state index contributed by atoms with van der Waals surface area (Å²) in [6.45, 7) is 0.0695. The van der Waals surface area contributed by atoms with Crippen LogP contribution >= 0.6 is 11.3 Å². The number of nitrogens with zero attached hydrogens (tertiary/aromatic N) is 2. The zero-order valence-corrected chi connectivity index (χ0v) is 15.2. The molecule has 7 nitrogen and oxygen atoms in total. The zero-order valence-electron chi connectivity index (χ0n) is 13.5. The molecule has 0 radical (unpaired) electrons. The third-order valence-corrected chi connectivity index (χ3v) is 7.54. The highest BCUT2D eigenvalue weighted by atomic mass is 32.2. The molecule has 0 spiro atoms. The molecule has 2 aromatic rings. The first-order valence-corrected chi connectivity index (χ1v) is 9.98.